The van der Waals surface area contributed by atoms with Crippen LogP contribution < -0.4 is 0 Å². The molecule has 0 saturated heterocycles. The summed E-state index contributed by atoms with van der Waals surface area (Å²) in [5.74, 6) is 0.773. The van der Waals surface area contributed by atoms with E-state index in [0.717, 1.165) is 28.5 Å². The summed E-state index contributed by atoms with van der Waals surface area (Å²) < 4.78 is 39.9. The number of hydrogen-bond donors (Lipinski definition) is 0. The van der Waals surface area contributed by atoms with Gasteiger partial charge >= 0.3 is 6.18 Å². The van der Waals surface area contributed by atoms with Gasteiger partial charge in [0.15, 0.2) is 5.65 Å². The van der Waals surface area contributed by atoms with Crippen LogP contribution in [0.2, 0.25) is 0 Å². The van der Waals surface area contributed by atoms with Crippen molar-refractivity contribution in [3.05, 3.63) is 41.9 Å². The van der Waals surface area contributed by atoms with Crippen molar-refractivity contribution in [2.24, 2.45) is 0 Å². The summed E-state index contributed by atoms with van der Waals surface area (Å²) in [5, 5.41) is 13.1. The van der Waals surface area contributed by atoms with E-state index in [1.54, 1.807) is 26.2 Å². The van der Waals surface area contributed by atoms with Gasteiger partial charge in [-0.3, -0.25) is 4.98 Å². The van der Waals surface area contributed by atoms with Crippen molar-refractivity contribution in [1.82, 2.24) is 19.6 Å². The largest absolute Gasteiger partial charge is 0.418 e. The SMILES string of the molecule is CCSc1cc(C(C)(C)C#N)cnc1-c1cn2ncc(C(F)(F)F)cc2n1. The molecule has 0 unspecified atom stereocenters. The Bertz CT molecular complexity index is 1030. The molecule has 3 rings (SSSR count). The predicted octanol–water partition coefficient (Wildman–Crippen LogP) is 4.72. The standard InChI is InChI=1S/C18H16F3N5S/c1-4-27-14-5-11(17(2,3)10-22)7-23-16(14)13-9-26-15(25-13)6-12(8-24-26)18(19,20)21/h5-9H,4H2,1-3H3. The van der Waals surface area contributed by atoms with Gasteiger partial charge in [0.25, 0.3) is 0 Å². The number of halogens is 3. The van der Waals surface area contributed by atoms with Crippen molar-refractivity contribution >= 4 is 17.4 Å². The fourth-order valence-corrected chi connectivity index (χ4v) is 3.27. The lowest BCUT2D eigenvalue weighted by molar-refractivity contribution is -0.137. The van der Waals surface area contributed by atoms with Crippen LogP contribution in [0, 0.1) is 11.3 Å². The molecular weight excluding hydrogens is 375 g/mol. The lowest BCUT2D eigenvalue weighted by Crippen LogP contribution is -2.14. The maximum atomic E-state index is 12.9. The number of nitrogens with zero attached hydrogens (tertiary/aromatic N) is 5. The van der Waals surface area contributed by atoms with Gasteiger partial charge in [-0.15, -0.1) is 11.8 Å². The van der Waals surface area contributed by atoms with Crippen LogP contribution in [-0.4, -0.2) is 25.3 Å². The number of pyridine rings is 1. The highest BCUT2D eigenvalue weighted by molar-refractivity contribution is 7.99. The fourth-order valence-electron chi connectivity index (χ4n) is 2.46. The monoisotopic (exact) mass is 391 g/mol. The van der Waals surface area contributed by atoms with Gasteiger partial charge in [0, 0.05) is 11.1 Å². The second-order valence-electron chi connectivity index (χ2n) is 6.41. The molecule has 3 aromatic heterocycles. The van der Waals surface area contributed by atoms with Crippen molar-refractivity contribution in [2.45, 2.75) is 37.3 Å². The summed E-state index contributed by atoms with van der Waals surface area (Å²) in [4.78, 5) is 9.54. The Balaban J connectivity index is 2.11. The third-order valence-electron chi connectivity index (χ3n) is 4.04. The quantitative estimate of drug-likeness (QED) is 0.602. The molecule has 9 heteroatoms. The predicted molar refractivity (Wildman–Crippen MR) is 96.3 cm³/mol. The Morgan fingerprint density at radius 1 is 1.19 bits per heavy atom. The minimum atomic E-state index is -4.48. The van der Waals surface area contributed by atoms with Crippen LogP contribution in [-0.2, 0) is 11.6 Å². The fraction of sp³-hybridized carbons (Fsp3) is 0.333. The van der Waals surface area contributed by atoms with Crippen LogP contribution in [0.4, 0.5) is 13.2 Å². The maximum absolute atomic E-state index is 12.9. The molecule has 0 N–H and O–H groups in total. The molecule has 0 aromatic carbocycles. The number of alkyl halides is 3. The third kappa shape index (κ3) is 3.76. The minimum Gasteiger partial charge on any atom is -0.253 e. The Hall–Kier alpha value is -2.60. The van der Waals surface area contributed by atoms with E-state index in [-0.39, 0.29) is 5.65 Å². The molecule has 140 valence electrons. The van der Waals surface area contributed by atoms with Gasteiger partial charge in [-0.05, 0) is 37.3 Å². The number of nitriles is 1. The Morgan fingerprint density at radius 3 is 2.56 bits per heavy atom. The molecule has 0 bridgehead atoms. The van der Waals surface area contributed by atoms with Crippen LogP contribution in [0.15, 0.2) is 35.6 Å². The number of thioether (sulfide) groups is 1. The van der Waals surface area contributed by atoms with E-state index in [1.165, 1.54) is 16.3 Å². The van der Waals surface area contributed by atoms with Gasteiger partial charge in [-0.25, -0.2) is 9.50 Å². The van der Waals surface area contributed by atoms with E-state index < -0.39 is 17.2 Å². The Labute approximate surface area is 158 Å². The lowest BCUT2D eigenvalue weighted by atomic mass is 9.87. The first-order valence-electron chi connectivity index (χ1n) is 8.13. The summed E-state index contributed by atoms with van der Waals surface area (Å²) in [5.41, 5.74) is 0.296. The maximum Gasteiger partial charge on any atom is 0.418 e. The average Bonchev–Trinajstić information content (AvgIpc) is 3.04. The molecular formula is C18H16F3N5S. The van der Waals surface area contributed by atoms with Gasteiger partial charge in [0.2, 0.25) is 0 Å². The molecule has 0 aliphatic rings. The number of aromatic nitrogens is 4. The zero-order chi connectivity index (χ0) is 19.8. The molecule has 0 amide bonds. The van der Waals surface area contributed by atoms with Crippen LogP contribution >= 0.6 is 11.8 Å². The molecule has 0 aliphatic heterocycles. The Kier molecular flexibility index (Phi) is 4.86. The summed E-state index contributed by atoms with van der Waals surface area (Å²) in [7, 11) is 0. The van der Waals surface area contributed by atoms with E-state index in [0.29, 0.717) is 11.4 Å². The third-order valence-corrected chi connectivity index (χ3v) is 4.95. The van der Waals surface area contributed by atoms with E-state index in [2.05, 4.69) is 21.1 Å². The molecule has 0 atom stereocenters. The minimum absolute atomic E-state index is 0.0931. The normalized spacial score (nSPS) is 12.3. The van der Waals surface area contributed by atoms with Crippen molar-refractivity contribution in [3.8, 4) is 17.5 Å². The number of fused-ring (bicyclic) bond motifs is 1. The Morgan fingerprint density at radius 2 is 1.93 bits per heavy atom. The van der Waals surface area contributed by atoms with Gasteiger partial charge < -0.3 is 0 Å². The number of rotatable bonds is 4. The molecule has 27 heavy (non-hydrogen) atoms. The van der Waals surface area contributed by atoms with Gasteiger partial charge in [-0.1, -0.05) is 6.92 Å². The van der Waals surface area contributed by atoms with Crippen LogP contribution in [0.25, 0.3) is 17.0 Å². The highest BCUT2D eigenvalue weighted by Gasteiger charge is 2.31. The average molecular weight is 391 g/mol. The van der Waals surface area contributed by atoms with Crippen LogP contribution in [0.1, 0.15) is 31.9 Å². The van der Waals surface area contributed by atoms with Gasteiger partial charge in [0.1, 0.15) is 11.4 Å². The van der Waals surface area contributed by atoms with Crippen molar-refractivity contribution in [2.75, 3.05) is 5.75 Å². The molecule has 3 aromatic rings. The van der Waals surface area contributed by atoms with Crippen molar-refractivity contribution in [1.29, 1.82) is 5.26 Å². The van der Waals surface area contributed by atoms with E-state index in [1.807, 2.05) is 13.0 Å². The molecule has 0 spiro atoms. The zero-order valence-electron chi connectivity index (χ0n) is 14.9. The molecule has 0 saturated carbocycles. The first-order valence-corrected chi connectivity index (χ1v) is 9.12. The summed E-state index contributed by atoms with van der Waals surface area (Å²) in [6.45, 7) is 5.59. The summed E-state index contributed by atoms with van der Waals surface area (Å²) in [6.07, 6.45) is -0.553. The first-order chi connectivity index (χ1) is 12.7. The topological polar surface area (TPSA) is 66.9 Å². The van der Waals surface area contributed by atoms with Crippen molar-refractivity contribution < 1.29 is 13.2 Å². The van der Waals surface area contributed by atoms with Crippen molar-refractivity contribution in [3.63, 3.8) is 0 Å². The molecule has 0 radical (unpaired) electrons. The summed E-state index contributed by atoms with van der Waals surface area (Å²) in [6, 6.07) is 5.08. The molecule has 3 heterocycles. The van der Waals surface area contributed by atoms with Crippen LogP contribution in [0.5, 0.6) is 0 Å². The van der Waals surface area contributed by atoms with E-state index >= 15 is 0 Å². The first kappa shape index (κ1) is 19.2. The number of imidazole rings is 1. The van der Waals surface area contributed by atoms with Gasteiger partial charge in [0.05, 0.1) is 29.4 Å². The number of hydrogen-bond acceptors (Lipinski definition) is 5. The van der Waals surface area contributed by atoms with Crippen LogP contribution in [0.3, 0.4) is 0 Å². The zero-order valence-corrected chi connectivity index (χ0v) is 15.7. The highest BCUT2D eigenvalue weighted by Crippen LogP contribution is 2.34. The van der Waals surface area contributed by atoms with E-state index in [9.17, 15) is 18.4 Å². The second-order valence-corrected chi connectivity index (χ2v) is 7.72. The van der Waals surface area contributed by atoms with E-state index in [4.69, 9.17) is 0 Å². The molecule has 5 nitrogen and oxygen atoms in total. The smallest absolute Gasteiger partial charge is 0.253 e. The lowest BCUT2D eigenvalue weighted by Gasteiger charge is -2.17. The molecule has 0 aliphatic carbocycles. The highest BCUT2D eigenvalue weighted by atomic mass is 32.2. The van der Waals surface area contributed by atoms with Gasteiger partial charge in [-0.2, -0.15) is 23.5 Å². The summed E-state index contributed by atoms with van der Waals surface area (Å²) >= 11 is 1.53. The molecule has 0 fully saturated rings. The second kappa shape index (κ2) is 6.85.